The topological polar surface area (TPSA) is 21.3 Å². The van der Waals surface area contributed by atoms with Crippen LogP contribution in [-0.4, -0.2) is 13.2 Å². The van der Waals surface area contributed by atoms with Crippen molar-refractivity contribution in [1.82, 2.24) is 5.32 Å². The lowest BCUT2D eigenvalue weighted by Crippen LogP contribution is -2.15. The van der Waals surface area contributed by atoms with E-state index in [1.54, 1.807) is 18.4 Å². The molecule has 0 unspecified atom stereocenters. The molecule has 0 aliphatic heterocycles. The number of hydrogen-bond donors (Lipinski definition) is 1. The van der Waals surface area contributed by atoms with Gasteiger partial charge >= 0.3 is 0 Å². The monoisotopic (exact) mass is 337 g/mol. The van der Waals surface area contributed by atoms with Crippen LogP contribution in [0.15, 0.2) is 34.1 Å². The van der Waals surface area contributed by atoms with Gasteiger partial charge in [-0.1, -0.05) is 0 Å². The molecule has 1 aliphatic carbocycles. The molecule has 1 saturated carbocycles. The van der Waals surface area contributed by atoms with Crippen LogP contribution in [0.2, 0.25) is 0 Å². The quantitative estimate of drug-likeness (QED) is 0.870. The first kappa shape index (κ1) is 13.2. The molecule has 4 heteroatoms. The Balaban J connectivity index is 1.89. The fraction of sp³-hybridized carbons (Fsp3) is 0.333. The smallest absolute Gasteiger partial charge is 0.123 e. The first-order valence-electron chi connectivity index (χ1n) is 6.41. The molecule has 0 bridgehead atoms. The van der Waals surface area contributed by atoms with Gasteiger partial charge in [-0.25, -0.2) is 0 Å². The summed E-state index contributed by atoms with van der Waals surface area (Å²) in [7, 11) is 1.73. The van der Waals surface area contributed by atoms with Crippen LogP contribution in [0.1, 0.15) is 18.4 Å². The van der Waals surface area contributed by atoms with Crippen molar-refractivity contribution in [3.8, 4) is 16.2 Å². The zero-order valence-electron chi connectivity index (χ0n) is 10.8. The van der Waals surface area contributed by atoms with E-state index in [1.165, 1.54) is 28.8 Å². The number of benzene rings is 1. The molecule has 19 heavy (non-hydrogen) atoms. The SMILES string of the molecule is COc1ccc(-c2sccc2Br)cc1CNC1CC1. The average molecular weight is 338 g/mol. The van der Waals surface area contributed by atoms with Crippen LogP contribution < -0.4 is 10.1 Å². The van der Waals surface area contributed by atoms with Crippen LogP contribution in [0.4, 0.5) is 0 Å². The van der Waals surface area contributed by atoms with Gasteiger partial charge in [-0.3, -0.25) is 0 Å². The Labute approximate surface area is 125 Å². The Kier molecular flexibility index (Phi) is 3.91. The number of nitrogens with one attached hydrogen (secondary N) is 1. The first-order chi connectivity index (χ1) is 9.28. The molecule has 0 spiro atoms. The summed E-state index contributed by atoms with van der Waals surface area (Å²) in [4.78, 5) is 1.27. The molecule has 1 aromatic heterocycles. The Morgan fingerprint density at radius 1 is 1.37 bits per heavy atom. The fourth-order valence-corrected chi connectivity index (χ4v) is 3.70. The Hall–Kier alpha value is -0.840. The third kappa shape index (κ3) is 3.02. The van der Waals surface area contributed by atoms with E-state index in [2.05, 4.69) is 50.9 Å². The molecule has 100 valence electrons. The molecule has 1 N–H and O–H groups in total. The second-order valence-electron chi connectivity index (χ2n) is 4.78. The second-order valence-corrected chi connectivity index (χ2v) is 6.55. The molecule has 0 radical (unpaired) electrons. The summed E-state index contributed by atoms with van der Waals surface area (Å²) in [6, 6.07) is 9.21. The predicted molar refractivity (Wildman–Crippen MR) is 83.9 cm³/mol. The lowest BCUT2D eigenvalue weighted by atomic mass is 10.1. The number of thiophene rings is 1. The molecule has 0 atom stereocenters. The van der Waals surface area contributed by atoms with Crippen molar-refractivity contribution < 1.29 is 4.74 Å². The molecular formula is C15H16BrNOS. The zero-order valence-corrected chi connectivity index (χ0v) is 13.2. The summed E-state index contributed by atoms with van der Waals surface area (Å²) in [5.41, 5.74) is 2.47. The lowest BCUT2D eigenvalue weighted by molar-refractivity contribution is 0.407. The third-order valence-corrected chi connectivity index (χ3v) is 5.21. The highest BCUT2D eigenvalue weighted by atomic mass is 79.9. The maximum Gasteiger partial charge on any atom is 0.123 e. The number of methoxy groups -OCH3 is 1. The van der Waals surface area contributed by atoms with Crippen LogP contribution in [-0.2, 0) is 6.54 Å². The maximum atomic E-state index is 5.45. The largest absolute Gasteiger partial charge is 0.496 e. The molecule has 0 saturated heterocycles. The molecule has 1 fully saturated rings. The third-order valence-electron chi connectivity index (χ3n) is 3.32. The summed E-state index contributed by atoms with van der Waals surface area (Å²) < 4.78 is 6.61. The zero-order chi connectivity index (χ0) is 13.2. The Morgan fingerprint density at radius 2 is 2.21 bits per heavy atom. The van der Waals surface area contributed by atoms with Gasteiger partial charge in [0.2, 0.25) is 0 Å². The summed E-state index contributed by atoms with van der Waals surface area (Å²) in [5.74, 6) is 0.963. The van der Waals surface area contributed by atoms with E-state index in [1.807, 2.05) is 0 Å². The van der Waals surface area contributed by atoms with E-state index in [0.29, 0.717) is 6.04 Å². The van der Waals surface area contributed by atoms with Gasteiger partial charge in [0.1, 0.15) is 5.75 Å². The maximum absolute atomic E-state index is 5.45. The van der Waals surface area contributed by atoms with Gasteiger partial charge in [-0.2, -0.15) is 0 Å². The first-order valence-corrected chi connectivity index (χ1v) is 8.09. The van der Waals surface area contributed by atoms with E-state index < -0.39 is 0 Å². The van der Waals surface area contributed by atoms with Gasteiger partial charge < -0.3 is 10.1 Å². The van der Waals surface area contributed by atoms with Crippen LogP contribution in [0.25, 0.3) is 10.4 Å². The molecular weight excluding hydrogens is 322 g/mol. The summed E-state index contributed by atoms with van der Waals surface area (Å²) in [5, 5.41) is 5.65. The minimum atomic E-state index is 0.710. The summed E-state index contributed by atoms with van der Waals surface area (Å²) in [6.07, 6.45) is 2.61. The van der Waals surface area contributed by atoms with Gasteiger partial charge in [0.05, 0.1) is 7.11 Å². The van der Waals surface area contributed by atoms with Crippen LogP contribution in [0.3, 0.4) is 0 Å². The van der Waals surface area contributed by atoms with Gasteiger partial charge in [-0.15, -0.1) is 11.3 Å². The van der Waals surface area contributed by atoms with E-state index in [0.717, 1.165) is 16.8 Å². The van der Waals surface area contributed by atoms with Crippen LogP contribution >= 0.6 is 27.3 Å². The van der Waals surface area contributed by atoms with Gasteiger partial charge in [0.15, 0.2) is 0 Å². The van der Waals surface area contributed by atoms with Crippen LogP contribution in [0, 0.1) is 0 Å². The van der Waals surface area contributed by atoms with Gasteiger partial charge in [-0.05, 0) is 64.0 Å². The molecule has 2 aromatic rings. The lowest BCUT2D eigenvalue weighted by Gasteiger charge is -2.11. The molecule has 3 rings (SSSR count). The number of halogens is 1. The van der Waals surface area contributed by atoms with E-state index in [4.69, 9.17) is 4.74 Å². The van der Waals surface area contributed by atoms with Crippen molar-refractivity contribution in [2.24, 2.45) is 0 Å². The molecule has 1 aliphatic rings. The van der Waals surface area contributed by atoms with Crippen molar-refractivity contribution in [2.75, 3.05) is 7.11 Å². The van der Waals surface area contributed by atoms with Gasteiger partial charge in [0.25, 0.3) is 0 Å². The van der Waals surface area contributed by atoms with Crippen molar-refractivity contribution >= 4 is 27.3 Å². The average Bonchev–Trinajstić information content (AvgIpc) is 3.17. The summed E-state index contributed by atoms with van der Waals surface area (Å²) >= 11 is 5.35. The minimum absolute atomic E-state index is 0.710. The van der Waals surface area contributed by atoms with Crippen molar-refractivity contribution in [1.29, 1.82) is 0 Å². The molecule has 0 amide bonds. The van der Waals surface area contributed by atoms with E-state index >= 15 is 0 Å². The highest BCUT2D eigenvalue weighted by Gasteiger charge is 2.20. The molecule has 1 heterocycles. The van der Waals surface area contributed by atoms with Gasteiger partial charge in [0, 0.05) is 27.5 Å². The number of hydrogen-bond acceptors (Lipinski definition) is 3. The highest BCUT2D eigenvalue weighted by Crippen LogP contribution is 2.35. The van der Waals surface area contributed by atoms with Crippen molar-refractivity contribution in [3.63, 3.8) is 0 Å². The van der Waals surface area contributed by atoms with E-state index in [9.17, 15) is 0 Å². The number of rotatable bonds is 5. The Morgan fingerprint density at radius 3 is 2.84 bits per heavy atom. The molecule has 1 aromatic carbocycles. The fourth-order valence-electron chi connectivity index (χ4n) is 2.10. The predicted octanol–water partition coefficient (Wildman–Crippen LogP) is 4.44. The van der Waals surface area contributed by atoms with Crippen LogP contribution in [0.5, 0.6) is 5.75 Å². The second kappa shape index (κ2) is 5.65. The van der Waals surface area contributed by atoms with Crippen molar-refractivity contribution in [2.45, 2.75) is 25.4 Å². The highest BCUT2D eigenvalue weighted by molar-refractivity contribution is 9.10. The Bertz CT molecular complexity index is 577. The molecule has 2 nitrogen and oxygen atoms in total. The minimum Gasteiger partial charge on any atom is -0.496 e. The summed E-state index contributed by atoms with van der Waals surface area (Å²) in [6.45, 7) is 0.880. The standard InChI is InChI=1S/C15H16BrNOS/c1-18-14-5-2-10(15-13(16)6-7-19-15)8-11(14)9-17-12-3-4-12/h2,5-8,12,17H,3-4,9H2,1H3. The normalized spacial score (nSPS) is 14.6. The van der Waals surface area contributed by atoms with E-state index in [-0.39, 0.29) is 0 Å². The number of ether oxygens (including phenoxy) is 1. The van der Waals surface area contributed by atoms with Crippen molar-refractivity contribution in [3.05, 3.63) is 39.7 Å².